The van der Waals surface area contributed by atoms with Crippen molar-refractivity contribution in [1.29, 1.82) is 0 Å². The Hall–Kier alpha value is -8.85. The van der Waals surface area contributed by atoms with E-state index in [1.165, 1.54) is 40.7 Å². The first-order valence-electron chi connectivity index (χ1n) is 24.8. The number of hydrogen-bond acceptors (Lipinski definition) is 15. The molecule has 4 aromatic heterocycles. The van der Waals surface area contributed by atoms with Gasteiger partial charge < -0.3 is 41.2 Å². The predicted molar refractivity (Wildman–Crippen MR) is 302 cm³/mol. The van der Waals surface area contributed by atoms with E-state index < -0.39 is 47.8 Å². The molecule has 23 heteroatoms. The summed E-state index contributed by atoms with van der Waals surface area (Å²) in [5.41, 5.74) is 17.4. The molecule has 0 aliphatic carbocycles. The molecule has 0 spiro atoms. The van der Waals surface area contributed by atoms with E-state index in [9.17, 15) is 37.2 Å². The minimum absolute atomic E-state index is 0.0138. The van der Waals surface area contributed by atoms with Gasteiger partial charge in [0.1, 0.15) is 11.8 Å². The minimum Gasteiger partial charge on any atom is -0.609 e. The van der Waals surface area contributed by atoms with Crippen LogP contribution in [-0.4, -0.2) is 112 Å². The van der Waals surface area contributed by atoms with Gasteiger partial charge in [-0.1, -0.05) is 72.5 Å². The Labute approximate surface area is 462 Å². The van der Waals surface area contributed by atoms with Crippen LogP contribution in [-0.2, 0) is 39.6 Å². The number of aromatic amines is 1. The third-order valence-electron chi connectivity index (χ3n) is 11.6. The lowest BCUT2D eigenvalue weighted by Gasteiger charge is -2.19. The van der Waals surface area contributed by atoms with Crippen molar-refractivity contribution in [3.8, 4) is 17.6 Å². The Kier molecular flexibility index (Phi) is 20.9. The molecule has 8 rings (SSSR count). The first-order valence-corrected chi connectivity index (χ1v) is 26.2. The summed E-state index contributed by atoms with van der Waals surface area (Å²) in [6, 6.07) is 28.9. The molecular weight excluding hydrogens is 1050 g/mol. The number of carbonyl (C=O) groups excluding carboxylic acids is 1. The van der Waals surface area contributed by atoms with Crippen LogP contribution in [0, 0.1) is 24.2 Å². The molecule has 8 N–H and O–H groups in total. The zero-order valence-electron chi connectivity index (χ0n) is 44.8. The highest BCUT2D eigenvalue weighted by molar-refractivity contribution is 7.90. The summed E-state index contributed by atoms with van der Waals surface area (Å²) in [6.07, 6.45) is 1.97. The van der Waals surface area contributed by atoms with E-state index in [-0.39, 0.29) is 47.1 Å². The quantitative estimate of drug-likeness (QED) is 0.0346. The summed E-state index contributed by atoms with van der Waals surface area (Å²) in [5, 5.41) is 23.2. The predicted octanol–water partition coefficient (Wildman–Crippen LogP) is 8.66. The highest BCUT2D eigenvalue weighted by Gasteiger charge is 2.29. The Bertz CT molecular complexity index is 3490. The number of hydrogen-bond donors (Lipinski definition) is 6. The fourth-order valence-electron chi connectivity index (χ4n) is 7.61. The number of carbonyl (C=O) groups is 3. The van der Waals surface area contributed by atoms with Crippen LogP contribution >= 0.6 is 0 Å². The molecule has 2 atom stereocenters. The van der Waals surface area contributed by atoms with E-state index in [0.717, 1.165) is 24.3 Å². The monoisotopic (exact) mass is 1110 g/mol. The molecule has 0 aliphatic rings. The van der Waals surface area contributed by atoms with Crippen LogP contribution in [0.5, 0.6) is 5.75 Å². The highest BCUT2D eigenvalue weighted by Crippen LogP contribution is 2.27. The molecule has 0 radical (unpaired) electrons. The van der Waals surface area contributed by atoms with E-state index in [1.807, 2.05) is 36.2 Å². The number of halogens is 3. The van der Waals surface area contributed by atoms with Crippen molar-refractivity contribution in [3.05, 3.63) is 150 Å². The third-order valence-corrected chi connectivity index (χ3v) is 12.8. The first kappa shape index (κ1) is 60.4. The lowest BCUT2D eigenvalue weighted by molar-refractivity contribution is -0.153. The summed E-state index contributed by atoms with van der Waals surface area (Å²) in [6.45, 7) is 8.80. The number of nitrogen functional groups attached to an aromatic ring is 2. The van der Waals surface area contributed by atoms with Crippen LogP contribution in [0.2, 0.25) is 0 Å². The third kappa shape index (κ3) is 18.4. The number of pyridine rings is 1. The smallest absolute Gasteiger partial charge is 0.422 e. The molecule has 418 valence electrons. The average Bonchev–Trinajstić information content (AvgIpc) is 3.91. The number of benzene rings is 4. The molecule has 0 aliphatic heterocycles. The van der Waals surface area contributed by atoms with Crippen LogP contribution < -0.4 is 26.4 Å². The molecule has 1 unspecified atom stereocenters. The number of amides is 1. The number of aliphatic carboxylic acids is 2. The standard InChI is InChI=1S/C21H25N.C20H22N8O5.C16H14F3N3O2S/c1-21(2,3)15-8-5-9-16-22(4)17-19-13-10-12-18-11-6-7-14-20(18)19;1-28(9-11-8-23-17-15(24-11)16(21)26-20(22)27-17)12-4-2-10(3-5-12)18(31)25-13(19(32)33)6-7-14(29)30;1-10-13(20-7-6-14(10)24-9-16(17,18)19)8-25(23)15-21-11-4-2-3-5-12(11)22-15/h5-7,9-14H,16-17H2,1-4H3;2-5,8,13H,6-7,9H2,1H3,(H,25,31)(H,29,30)(H,32,33)(H4,21,22,23,26,27);2-7H,8-9H2,1H3,(H,21,22)/b9-5+;;/t;13-;/m.0./s1. The topological polar surface area (TPSA) is 288 Å². The fourth-order valence-corrected chi connectivity index (χ4v) is 8.71. The van der Waals surface area contributed by atoms with Gasteiger partial charge >= 0.3 is 23.3 Å². The highest BCUT2D eigenvalue weighted by atomic mass is 32.2. The van der Waals surface area contributed by atoms with Crippen molar-refractivity contribution in [1.82, 2.24) is 45.1 Å². The number of allylic oxidation sites excluding steroid dienone is 1. The number of anilines is 3. The van der Waals surface area contributed by atoms with Crippen molar-refractivity contribution in [2.24, 2.45) is 5.41 Å². The maximum atomic E-state index is 12.5. The van der Waals surface area contributed by atoms with Gasteiger partial charge in [0.15, 0.2) is 29.3 Å². The number of likely N-dealkylation sites (N-methyl/N-ethyl adjacent to an activating group) is 1. The number of fused-ring (bicyclic) bond motifs is 3. The maximum absolute atomic E-state index is 12.5. The lowest BCUT2D eigenvalue weighted by atomic mass is 9.98. The lowest BCUT2D eigenvalue weighted by Crippen LogP contribution is -2.41. The first-order chi connectivity index (χ1) is 37.9. The molecule has 19 nitrogen and oxygen atoms in total. The van der Waals surface area contributed by atoms with Gasteiger partial charge in [0.05, 0.1) is 35.2 Å². The number of aromatic nitrogens is 7. The van der Waals surface area contributed by atoms with Gasteiger partial charge in [0.25, 0.3) is 5.91 Å². The second-order valence-corrected chi connectivity index (χ2v) is 20.7. The number of nitrogens with zero attached hydrogens (tertiary/aromatic N) is 8. The number of carboxylic acids is 2. The van der Waals surface area contributed by atoms with Crippen molar-refractivity contribution in [3.63, 3.8) is 0 Å². The van der Waals surface area contributed by atoms with Gasteiger partial charge in [-0.3, -0.25) is 24.5 Å². The molecule has 0 fully saturated rings. The molecule has 4 aromatic carbocycles. The van der Waals surface area contributed by atoms with Gasteiger partial charge in [-0.25, -0.2) is 14.8 Å². The number of carboxylic acid groups (broad SMARTS) is 2. The van der Waals surface area contributed by atoms with Crippen LogP contribution in [0.1, 0.15) is 66.5 Å². The normalized spacial score (nSPS) is 12.2. The SMILES string of the molecule is CN(C/C=C/C#CC(C)(C)C)Cc1cccc2ccccc12.CN(Cc1cnc2nc(N)nc(N)c2n1)c1ccc(C(=O)N[C@@H](CCC(=O)O)C(=O)O)cc1.Cc1c(OCC(F)(F)F)ccnc1C[S+]([O-])c1nc2ccccc2[nH]1. The number of nitrogens with two attached hydrogens (primary N) is 2. The zero-order chi connectivity index (χ0) is 58.1. The second kappa shape index (κ2) is 27.6. The van der Waals surface area contributed by atoms with Gasteiger partial charge in [-0.2, -0.15) is 28.1 Å². The van der Waals surface area contributed by atoms with Gasteiger partial charge in [-0.15, -0.1) is 0 Å². The second-order valence-electron chi connectivity index (χ2n) is 19.3. The number of imidazole rings is 1. The summed E-state index contributed by atoms with van der Waals surface area (Å²) in [5.74, 6) is 3.52. The van der Waals surface area contributed by atoms with E-state index in [0.29, 0.717) is 45.3 Å². The summed E-state index contributed by atoms with van der Waals surface area (Å²) >= 11 is -1.51. The van der Waals surface area contributed by atoms with E-state index >= 15 is 0 Å². The van der Waals surface area contributed by atoms with Crippen molar-refractivity contribution >= 4 is 79.4 Å². The van der Waals surface area contributed by atoms with Crippen LogP contribution in [0.3, 0.4) is 0 Å². The van der Waals surface area contributed by atoms with Crippen molar-refractivity contribution in [2.45, 2.75) is 76.8 Å². The van der Waals surface area contributed by atoms with E-state index in [1.54, 1.807) is 31.3 Å². The largest absolute Gasteiger partial charge is 0.609 e. The minimum atomic E-state index is -4.42. The number of para-hydroxylation sites is 2. The molecular formula is C57H61F3N12O7S. The maximum Gasteiger partial charge on any atom is 0.422 e. The van der Waals surface area contributed by atoms with Gasteiger partial charge in [0, 0.05) is 66.2 Å². The summed E-state index contributed by atoms with van der Waals surface area (Å²) in [4.78, 5) is 66.3. The van der Waals surface area contributed by atoms with Crippen LogP contribution in [0.25, 0.3) is 33.0 Å². The molecule has 0 saturated heterocycles. The van der Waals surface area contributed by atoms with Crippen LogP contribution in [0.15, 0.2) is 127 Å². The zero-order valence-corrected chi connectivity index (χ0v) is 45.6. The van der Waals surface area contributed by atoms with Crippen molar-refractivity contribution < 1.29 is 47.1 Å². The number of ether oxygens (including phenoxy) is 1. The molecule has 4 heterocycles. The number of H-pyrrole nitrogens is 1. The Balaban J connectivity index is 0.000000198. The Morgan fingerprint density at radius 1 is 0.900 bits per heavy atom. The number of nitrogens with one attached hydrogen (secondary N) is 2. The Morgan fingerprint density at radius 3 is 2.31 bits per heavy atom. The number of alkyl halides is 3. The fraction of sp³-hybridized carbons (Fsp3) is 0.281. The molecule has 0 saturated carbocycles. The molecule has 80 heavy (non-hydrogen) atoms. The van der Waals surface area contributed by atoms with Crippen molar-refractivity contribution in [2.75, 3.05) is 43.6 Å². The van der Waals surface area contributed by atoms with Crippen LogP contribution in [0.4, 0.5) is 30.6 Å². The molecule has 0 bridgehead atoms. The average molecular weight is 1120 g/mol. The molecule has 1 amide bonds. The van der Waals surface area contributed by atoms with E-state index in [2.05, 4.69) is 133 Å². The Morgan fingerprint density at radius 2 is 1.61 bits per heavy atom. The molecule has 8 aromatic rings. The summed E-state index contributed by atoms with van der Waals surface area (Å²) < 4.78 is 54.2. The summed E-state index contributed by atoms with van der Waals surface area (Å²) in [7, 11) is 3.96. The van der Waals surface area contributed by atoms with Gasteiger partial charge in [0.2, 0.25) is 5.95 Å². The number of rotatable bonds is 18. The van der Waals surface area contributed by atoms with E-state index in [4.69, 9.17) is 21.3 Å². The van der Waals surface area contributed by atoms with Gasteiger partial charge in [-0.05, 0) is 106 Å².